The van der Waals surface area contributed by atoms with Gasteiger partial charge in [-0.15, -0.1) is 0 Å². The molecular formula is C11H22O2Si. The van der Waals surface area contributed by atoms with Gasteiger partial charge in [0, 0.05) is 13.2 Å². The Morgan fingerprint density at radius 2 is 2.00 bits per heavy atom. The van der Waals surface area contributed by atoms with Crippen molar-refractivity contribution in [1.29, 1.82) is 0 Å². The summed E-state index contributed by atoms with van der Waals surface area (Å²) < 4.78 is 11.2. The van der Waals surface area contributed by atoms with Gasteiger partial charge in [-0.05, 0) is 39.5 Å². The van der Waals surface area contributed by atoms with Gasteiger partial charge in [-0.3, -0.25) is 0 Å². The Bertz CT molecular complexity index is 174. The molecule has 1 aliphatic carbocycles. The maximum Gasteiger partial charge on any atom is 0.139 e. The lowest BCUT2D eigenvalue weighted by atomic mass is 10.1. The van der Waals surface area contributed by atoms with E-state index in [1.165, 1.54) is 25.7 Å². The summed E-state index contributed by atoms with van der Waals surface area (Å²) in [4.78, 5) is 0. The van der Waals surface area contributed by atoms with Crippen molar-refractivity contribution in [3.63, 3.8) is 0 Å². The van der Waals surface area contributed by atoms with Crippen LogP contribution in [0.15, 0.2) is 11.3 Å². The molecule has 0 fully saturated rings. The summed E-state index contributed by atoms with van der Waals surface area (Å²) in [6, 6.07) is 0. The summed E-state index contributed by atoms with van der Waals surface area (Å²) in [7, 11) is -0.326. The Labute approximate surface area is 89.5 Å². The van der Waals surface area contributed by atoms with Gasteiger partial charge < -0.3 is 9.47 Å². The highest BCUT2D eigenvalue weighted by atomic mass is 28.2. The maximum absolute atomic E-state index is 5.58. The number of allylic oxidation sites excluding steroid dienone is 2. The average molecular weight is 214 g/mol. The van der Waals surface area contributed by atoms with Gasteiger partial charge in [-0.2, -0.15) is 0 Å². The first-order valence-corrected chi connectivity index (χ1v) is 7.30. The predicted molar refractivity (Wildman–Crippen MR) is 62.1 cm³/mol. The number of ether oxygens (including phenoxy) is 2. The second-order valence-corrected chi connectivity index (χ2v) is 5.64. The van der Waals surface area contributed by atoms with E-state index < -0.39 is 0 Å². The molecule has 1 aliphatic rings. The van der Waals surface area contributed by atoms with E-state index in [9.17, 15) is 0 Å². The van der Waals surface area contributed by atoms with Crippen LogP contribution >= 0.6 is 0 Å². The molecule has 0 saturated heterocycles. The van der Waals surface area contributed by atoms with Gasteiger partial charge in [-0.25, -0.2) is 0 Å². The molecule has 82 valence electrons. The van der Waals surface area contributed by atoms with E-state index in [0.717, 1.165) is 13.2 Å². The van der Waals surface area contributed by atoms with Crippen LogP contribution in [0.3, 0.4) is 0 Å². The Kier molecular flexibility index (Phi) is 6.15. The minimum Gasteiger partial charge on any atom is -0.357 e. The van der Waals surface area contributed by atoms with Crippen LogP contribution in [0.25, 0.3) is 0 Å². The molecule has 0 aromatic heterocycles. The molecule has 2 nitrogen and oxygen atoms in total. The Balaban J connectivity index is 2.32. The van der Waals surface area contributed by atoms with Crippen molar-refractivity contribution >= 4 is 9.52 Å². The van der Waals surface area contributed by atoms with Gasteiger partial charge in [0.25, 0.3) is 0 Å². The molecule has 0 unspecified atom stereocenters. The molecule has 0 aromatic rings. The molecule has 0 radical (unpaired) electrons. The SMILES string of the molecule is CCOC(OCC)[SiH2]C1=CCCCC1. The van der Waals surface area contributed by atoms with Crippen LogP contribution in [-0.4, -0.2) is 28.6 Å². The quantitative estimate of drug-likeness (QED) is 0.497. The lowest BCUT2D eigenvalue weighted by Gasteiger charge is -2.20. The van der Waals surface area contributed by atoms with E-state index in [1.807, 2.05) is 13.8 Å². The van der Waals surface area contributed by atoms with Gasteiger partial charge in [0.1, 0.15) is 15.4 Å². The summed E-state index contributed by atoms with van der Waals surface area (Å²) >= 11 is 0. The fourth-order valence-electron chi connectivity index (χ4n) is 1.84. The normalized spacial score (nSPS) is 18.1. The van der Waals surface area contributed by atoms with Crippen molar-refractivity contribution in [2.45, 2.75) is 45.4 Å². The summed E-state index contributed by atoms with van der Waals surface area (Å²) in [5.74, 6) is 0.120. The first-order valence-electron chi connectivity index (χ1n) is 5.78. The highest BCUT2D eigenvalue weighted by Crippen LogP contribution is 2.17. The van der Waals surface area contributed by atoms with E-state index >= 15 is 0 Å². The molecule has 0 heterocycles. The second-order valence-electron chi connectivity index (χ2n) is 3.65. The lowest BCUT2D eigenvalue weighted by Crippen LogP contribution is -2.26. The van der Waals surface area contributed by atoms with Crippen LogP contribution in [0.2, 0.25) is 0 Å². The maximum atomic E-state index is 5.58. The standard InChI is InChI=1S/C11H22O2Si/c1-3-12-11(13-4-2)14-10-8-6-5-7-9-10/h8,11H,3-7,9,14H2,1-2H3. The first-order chi connectivity index (χ1) is 6.86. The van der Waals surface area contributed by atoms with Crippen molar-refractivity contribution < 1.29 is 9.47 Å². The van der Waals surface area contributed by atoms with E-state index in [1.54, 1.807) is 5.20 Å². The molecule has 0 saturated carbocycles. The van der Waals surface area contributed by atoms with Crippen LogP contribution in [0.4, 0.5) is 0 Å². The second kappa shape index (κ2) is 7.21. The topological polar surface area (TPSA) is 18.5 Å². The molecular weight excluding hydrogens is 192 g/mol. The third-order valence-electron chi connectivity index (χ3n) is 2.52. The smallest absolute Gasteiger partial charge is 0.139 e. The molecule has 0 atom stereocenters. The van der Waals surface area contributed by atoms with E-state index in [-0.39, 0.29) is 15.4 Å². The molecule has 14 heavy (non-hydrogen) atoms. The average Bonchev–Trinajstić information content (AvgIpc) is 2.20. The molecule has 0 spiro atoms. The predicted octanol–water partition coefficient (Wildman–Crippen LogP) is 1.97. The zero-order chi connectivity index (χ0) is 10.2. The van der Waals surface area contributed by atoms with Crippen LogP contribution in [-0.2, 0) is 9.47 Å². The Hall–Kier alpha value is -0.123. The van der Waals surface area contributed by atoms with Crippen LogP contribution in [0, 0.1) is 0 Å². The first kappa shape index (κ1) is 11.9. The fraction of sp³-hybridized carbons (Fsp3) is 0.818. The number of hydrogen-bond acceptors (Lipinski definition) is 2. The molecule has 3 heteroatoms. The van der Waals surface area contributed by atoms with E-state index in [0.29, 0.717) is 0 Å². The van der Waals surface area contributed by atoms with Crippen LogP contribution < -0.4 is 0 Å². The van der Waals surface area contributed by atoms with Crippen molar-refractivity contribution in [3.8, 4) is 0 Å². The van der Waals surface area contributed by atoms with Crippen LogP contribution in [0.5, 0.6) is 0 Å². The minimum atomic E-state index is -0.326. The zero-order valence-corrected chi connectivity index (χ0v) is 10.8. The number of hydrogen-bond donors (Lipinski definition) is 0. The Morgan fingerprint density at radius 1 is 1.29 bits per heavy atom. The van der Waals surface area contributed by atoms with Crippen molar-refractivity contribution in [1.82, 2.24) is 0 Å². The van der Waals surface area contributed by atoms with Gasteiger partial charge in [0.05, 0.1) is 0 Å². The zero-order valence-electron chi connectivity index (χ0n) is 9.42. The molecule has 0 aromatic carbocycles. The Morgan fingerprint density at radius 3 is 2.50 bits per heavy atom. The van der Waals surface area contributed by atoms with E-state index in [2.05, 4.69) is 6.08 Å². The number of rotatable bonds is 6. The van der Waals surface area contributed by atoms with Crippen LogP contribution in [0.1, 0.15) is 39.5 Å². The molecule has 0 N–H and O–H groups in total. The van der Waals surface area contributed by atoms with Gasteiger partial charge in [-0.1, -0.05) is 11.3 Å². The van der Waals surface area contributed by atoms with Crippen molar-refractivity contribution in [2.75, 3.05) is 13.2 Å². The van der Waals surface area contributed by atoms with Gasteiger partial charge in [0.2, 0.25) is 0 Å². The summed E-state index contributed by atoms with van der Waals surface area (Å²) in [5.41, 5.74) is 0. The van der Waals surface area contributed by atoms with Gasteiger partial charge >= 0.3 is 0 Å². The fourth-order valence-corrected chi connectivity index (χ4v) is 3.80. The van der Waals surface area contributed by atoms with Crippen molar-refractivity contribution in [2.24, 2.45) is 0 Å². The lowest BCUT2D eigenvalue weighted by molar-refractivity contribution is -0.0821. The summed E-state index contributed by atoms with van der Waals surface area (Å²) in [5, 5.41) is 1.66. The highest BCUT2D eigenvalue weighted by molar-refractivity contribution is 6.46. The third-order valence-corrected chi connectivity index (χ3v) is 4.49. The molecule has 0 bridgehead atoms. The summed E-state index contributed by atoms with van der Waals surface area (Å²) in [6.45, 7) is 5.61. The largest absolute Gasteiger partial charge is 0.357 e. The van der Waals surface area contributed by atoms with Crippen molar-refractivity contribution in [3.05, 3.63) is 11.3 Å². The van der Waals surface area contributed by atoms with E-state index in [4.69, 9.17) is 9.47 Å². The van der Waals surface area contributed by atoms with Gasteiger partial charge in [0.15, 0.2) is 0 Å². The summed E-state index contributed by atoms with van der Waals surface area (Å²) in [6.07, 6.45) is 7.71. The third kappa shape index (κ3) is 4.40. The molecule has 0 aliphatic heterocycles. The molecule has 1 rings (SSSR count). The highest BCUT2D eigenvalue weighted by Gasteiger charge is 2.13. The molecule has 0 amide bonds. The minimum absolute atomic E-state index is 0.120. The monoisotopic (exact) mass is 214 g/mol.